The van der Waals surface area contributed by atoms with Gasteiger partial charge in [-0.3, -0.25) is 0 Å². The SMILES string of the molecule is O=C(Nc1ccc(S)nc1)Nc1ccccc1Br. The number of para-hydroxylation sites is 1. The highest BCUT2D eigenvalue weighted by atomic mass is 79.9. The van der Waals surface area contributed by atoms with E-state index in [0.29, 0.717) is 16.4 Å². The molecule has 1 aromatic heterocycles. The van der Waals surface area contributed by atoms with E-state index in [-0.39, 0.29) is 6.03 Å². The molecule has 0 unspecified atom stereocenters. The lowest BCUT2D eigenvalue weighted by atomic mass is 10.3. The highest BCUT2D eigenvalue weighted by Gasteiger charge is 2.04. The van der Waals surface area contributed by atoms with Crippen LogP contribution in [-0.4, -0.2) is 11.0 Å². The Bertz CT molecular complexity index is 560. The van der Waals surface area contributed by atoms with Crippen molar-refractivity contribution in [3.05, 3.63) is 47.1 Å². The van der Waals surface area contributed by atoms with Crippen LogP contribution in [0.15, 0.2) is 52.1 Å². The van der Waals surface area contributed by atoms with Crippen LogP contribution in [0.25, 0.3) is 0 Å². The lowest BCUT2D eigenvalue weighted by molar-refractivity contribution is 0.262. The van der Waals surface area contributed by atoms with Crippen LogP contribution in [0, 0.1) is 0 Å². The third kappa shape index (κ3) is 3.48. The van der Waals surface area contributed by atoms with Gasteiger partial charge in [0.25, 0.3) is 0 Å². The Hall–Kier alpha value is -1.53. The smallest absolute Gasteiger partial charge is 0.307 e. The van der Waals surface area contributed by atoms with E-state index in [4.69, 9.17) is 0 Å². The number of carbonyl (C=O) groups is 1. The molecular weight excluding hydrogens is 314 g/mol. The van der Waals surface area contributed by atoms with Crippen LogP contribution in [0.5, 0.6) is 0 Å². The molecule has 4 nitrogen and oxygen atoms in total. The Kier molecular flexibility index (Phi) is 4.22. The number of halogens is 1. The minimum absolute atomic E-state index is 0.324. The van der Waals surface area contributed by atoms with Gasteiger partial charge in [0.05, 0.1) is 22.6 Å². The maximum atomic E-state index is 11.7. The van der Waals surface area contributed by atoms with Crippen molar-refractivity contribution in [1.29, 1.82) is 0 Å². The summed E-state index contributed by atoms with van der Waals surface area (Å²) in [6, 6.07) is 10.5. The standard InChI is InChI=1S/C12H10BrN3OS/c13-9-3-1-2-4-10(9)16-12(17)15-8-5-6-11(18)14-7-8/h1-7H,(H,14,18)(H2,15,16,17). The second kappa shape index (κ2) is 5.88. The molecular formula is C12H10BrN3OS. The molecule has 0 bridgehead atoms. The van der Waals surface area contributed by atoms with Crippen molar-refractivity contribution in [3.63, 3.8) is 0 Å². The largest absolute Gasteiger partial charge is 0.323 e. The molecule has 2 aromatic rings. The lowest BCUT2D eigenvalue weighted by Gasteiger charge is -2.08. The van der Waals surface area contributed by atoms with Crippen molar-refractivity contribution >= 4 is 46.0 Å². The summed E-state index contributed by atoms with van der Waals surface area (Å²) in [4.78, 5) is 15.7. The topological polar surface area (TPSA) is 54.0 Å². The normalized spacial score (nSPS) is 9.89. The zero-order valence-electron chi connectivity index (χ0n) is 9.22. The summed E-state index contributed by atoms with van der Waals surface area (Å²) >= 11 is 7.43. The van der Waals surface area contributed by atoms with Crippen LogP contribution in [-0.2, 0) is 0 Å². The van der Waals surface area contributed by atoms with Gasteiger partial charge >= 0.3 is 6.03 Å². The molecule has 0 fully saturated rings. The average molecular weight is 324 g/mol. The molecule has 18 heavy (non-hydrogen) atoms. The van der Waals surface area contributed by atoms with Crippen molar-refractivity contribution < 1.29 is 4.79 Å². The molecule has 2 N–H and O–H groups in total. The van der Waals surface area contributed by atoms with Crippen molar-refractivity contribution in [2.24, 2.45) is 0 Å². The molecule has 0 radical (unpaired) electrons. The molecule has 1 heterocycles. The molecule has 2 rings (SSSR count). The van der Waals surface area contributed by atoms with E-state index in [1.807, 2.05) is 18.2 Å². The molecule has 6 heteroatoms. The molecule has 92 valence electrons. The first-order chi connectivity index (χ1) is 8.65. The van der Waals surface area contributed by atoms with Crippen molar-refractivity contribution in [2.75, 3.05) is 10.6 Å². The maximum Gasteiger partial charge on any atom is 0.323 e. The Morgan fingerprint density at radius 1 is 1.17 bits per heavy atom. The van der Waals surface area contributed by atoms with Crippen LogP contribution in [0.3, 0.4) is 0 Å². The van der Waals surface area contributed by atoms with Crippen LogP contribution in [0.4, 0.5) is 16.2 Å². The van der Waals surface area contributed by atoms with Gasteiger partial charge in [-0.15, -0.1) is 12.6 Å². The van der Waals surface area contributed by atoms with Gasteiger partial charge in [0.2, 0.25) is 0 Å². The molecule has 0 spiro atoms. The summed E-state index contributed by atoms with van der Waals surface area (Å²) in [5, 5.41) is 6.01. The second-order valence-electron chi connectivity index (χ2n) is 3.46. The molecule has 0 aliphatic carbocycles. The number of anilines is 2. The molecule has 0 aliphatic rings. The van der Waals surface area contributed by atoms with Crippen molar-refractivity contribution in [2.45, 2.75) is 5.03 Å². The van der Waals surface area contributed by atoms with E-state index in [2.05, 4.69) is 44.2 Å². The molecule has 0 aliphatic heterocycles. The highest BCUT2D eigenvalue weighted by Crippen LogP contribution is 2.21. The number of pyridine rings is 1. The van der Waals surface area contributed by atoms with E-state index >= 15 is 0 Å². The summed E-state index contributed by atoms with van der Waals surface area (Å²) in [6.45, 7) is 0. The van der Waals surface area contributed by atoms with Gasteiger partial charge < -0.3 is 10.6 Å². The summed E-state index contributed by atoms with van der Waals surface area (Å²) in [5.74, 6) is 0. The Morgan fingerprint density at radius 2 is 1.94 bits per heavy atom. The Morgan fingerprint density at radius 3 is 2.61 bits per heavy atom. The quantitative estimate of drug-likeness (QED) is 0.737. The number of hydrogen-bond donors (Lipinski definition) is 3. The number of aromatic nitrogens is 1. The maximum absolute atomic E-state index is 11.7. The number of amides is 2. The molecule has 0 atom stereocenters. The molecule has 2 amide bonds. The molecule has 0 saturated heterocycles. The van der Waals surface area contributed by atoms with Crippen molar-refractivity contribution in [1.82, 2.24) is 4.98 Å². The van der Waals surface area contributed by atoms with Gasteiger partial charge in [-0.05, 0) is 40.2 Å². The number of nitrogens with zero attached hydrogens (tertiary/aromatic N) is 1. The first-order valence-corrected chi connectivity index (χ1v) is 6.37. The van der Waals surface area contributed by atoms with Gasteiger partial charge in [-0.2, -0.15) is 0 Å². The van der Waals surface area contributed by atoms with Crippen LogP contribution in [0.1, 0.15) is 0 Å². The number of benzene rings is 1. The fourth-order valence-corrected chi connectivity index (χ4v) is 1.82. The van der Waals surface area contributed by atoms with E-state index in [0.717, 1.165) is 4.47 Å². The predicted octanol–water partition coefficient (Wildman–Crippen LogP) is 3.78. The van der Waals surface area contributed by atoms with E-state index in [9.17, 15) is 4.79 Å². The van der Waals surface area contributed by atoms with Gasteiger partial charge in [-0.25, -0.2) is 9.78 Å². The zero-order valence-corrected chi connectivity index (χ0v) is 11.7. The third-order valence-corrected chi connectivity index (χ3v) is 3.08. The monoisotopic (exact) mass is 323 g/mol. The summed E-state index contributed by atoms with van der Waals surface area (Å²) in [7, 11) is 0. The van der Waals surface area contributed by atoms with Gasteiger partial charge in [0.1, 0.15) is 0 Å². The number of urea groups is 1. The fraction of sp³-hybridized carbons (Fsp3) is 0. The second-order valence-corrected chi connectivity index (χ2v) is 4.78. The van der Waals surface area contributed by atoms with E-state index < -0.39 is 0 Å². The van der Waals surface area contributed by atoms with Gasteiger partial charge in [0, 0.05) is 4.47 Å². The minimum Gasteiger partial charge on any atom is -0.307 e. The number of rotatable bonds is 2. The van der Waals surface area contributed by atoms with E-state index in [1.54, 1.807) is 24.4 Å². The fourth-order valence-electron chi connectivity index (χ4n) is 1.31. The summed E-state index contributed by atoms with van der Waals surface area (Å²) < 4.78 is 0.823. The number of thiol groups is 1. The predicted molar refractivity (Wildman–Crippen MR) is 78.3 cm³/mol. The van der Waals surface area contributed by atoms with Crippen molar-refractivity contribution in [3.8, 4) is 0 Å². The summed E-state index contributed by atoms with van der Waals surface area (Å²) in [6.07, 6.45) is 1.54. The first kappa shape index (κ1) is 12.9. The minimum atomic E-state index is -0.324. The number of nitrogens with one attached hydrogen (secondary N) is 2. The first-order valence-electron chi connectivity index (χ1n) is 5.13. The number of carbonyl (C=O) groups excluding carboxylic acids is 1. The summed E-state index contributed by atoms with van der Waals surface area (Å²) in [5.41, 5.74) is 1.31. The van der Waals surface area contributed by atoms with Gasteiger partial charge in [0.15, 0.2) is 0 Å². The molecule has 0 saturated carbocycles. The Balaban J connectivity index is 2.01. The van der Waals surface area contributed by atoms with Crippen LogP contribution in [0.2, 0.25) is 0 Å². The Labute approximate surface area is 118 Å². The third-order valence-electron chi connectivity index (χ3n) is 2.13. The van der Waals surface area contributed by atoms with Gasteiger partial charge in [-0.1, -0.05) is 12.1 Å². The number of hydrogen-bond acceptors (Lipinski definition) is 3. The lowest BCUT2D eigenvalue weighted by Crippen LogP contribution is -2.19. The highest BCUT2D eigenvalue weighted by molar-refractivity contribution is 9.10. The van der Waals surface area contributed by atoms with Crippen LogP contribution < -0.4 is 10.6 Å². The van der Waals surface area contributed by atoms with Crippen LogP contribution >= 0.6 is 28.6 Å². The van der Waals surface area contributed by atoms with E-state index in [1.165, 1.54) is 0 Å². The molecule has 1 aromatic carbocycles. The average Bonchev–Trinajstić information content (AvgIpc) is 2.35. The zero-order chi connectivity index (χ0) is 13.0.